The molecule has 0 aromatic heterocycles. The van der Waals surface area contributed by atoms with Gasteiger partial charge in [0, 0.05) is 10.5 Å². The Balaban J connectivity index is 2.07. The predicted molar refractivity (Wildman–Crippen MR) is 81.8 cm³/mol. The van der Waals surface area contributed by atoms with Gasteiger partial charge in [-0.25, -0.2) is 4.39 Å². The van der Waals surface area contributed by atoms with Gasteiger partial charge in [0.25, 0.3) is 0 Å². The van der Waals surface area contributed by atoms with Gasteiger partial charge in [-0.2, -0.15) is 0 Å². The van der Waals surface area contributed by atoms with Crippen LogP contribution in [0.3, 0.4) is 0 Å². The fraction of sp³-hybridized carbons (Fsp3) is 0.625. The second-order valence-electron chi connectivity index (χ2n) is 6.69. The number of halogens is 2. The molecule has 1 fully saturated rings. The predicted octanol–water partition coefficient (Wildman–Crippen LogP) is 4.55. The highest BCUT2D eigenvalue weighted by molar-refractivity contribution is 9.10. The van der Waals surface area contributed by atoms with E-state index in [0.29, 0.717) is 12.0 Å². The Kier molecular flexibility index (Phi) is 4.67. The molecule has 106 valence electrons. The quantitative estimate of drug-likeness (QED) is 0.836. The van der Waals surface area contributed by atoms with Gasteiger partial charge in [-0.3, -0.25) is 0 Å². The lowest BCUT2D eigenvalue weighted by molar-refractivity contribution is 0.228. The van der Waals surface area contributed by atoms with E-state index in [9.17, 15) is 4.39 Å². The molecular weight excluding hydrogens is 305 g/mol. The first-order valence-electron chi connectivity index (χ1n) is 7.03. The molecule has 1 aromatic rings. The minimum Gasteiger partial charge on any atom is -0.314 e. The highest BCUT2D eigenvalue weighted by Gasteiger charge is 2.28. The van der Waals surface area contributed by atoms with Gasteiger partial charge in [-0.05, 0) is 60.9 Å². The molecule has 0 spiro atoms. The Morgan fingerprint density at radius 2 is 2.05 bits per heavy atom. The van der Waals surface area contributed by atoms with Crippen molar-refractivity contribution in [3.63, 3.8) is 0 Å². The molecule has 0 aliphatic heterocycles. The van der Waals surface area contributed by atoms with E-state index in [1.54, 1.807) is 12.1 Å². The molecule has 2 rings (SSSR count). The average molecular weight is 328 g/mol. The van der Waals surface area contributed by atoms with Crippen LogP contribution in [-0.4, -0.2) is 12.6 Å². The van der Waals surface area contributed by atoms with Gasteiger partial charge in [-0.15, -0.1) is 0 Å². The Morgan fingerprint density at radius 3 is 2.63 bits per heavy atom. The Bertz CT molecular complexity index is 435. The summed E-state index contributed by atoms with van der Waals surface area (Å²) in [5.41, 5.74) is 0.989. The van der Waals surface area contributed by atoms with E-state index >= 15 is 0 Å². The van der Waals surface area contributed by atoms with Crippen molar-refractivity contribution in [2.45, 2.75) is 46.1 Å². The van der Waals surface area contributed by atoms with E-state index in [4.69, 9.17) is 0 Å². The van der Waals surface area contributed by atoms with E-state index < -0.39 is 0 Å². The van der Waals surface area contributed by atoms with E-state index in [-0.39, 0.29) is 11.2 Å². The Morgan fingerprint density at radius 1 is 1.37 bits per heavy atom. The lowest BCUT2D eigenvalue weighted by Gasteiger charge is -2.31. The van der Waals surface area contributed by atoms with Gasteiger partial charge in [-0.1, -0.05) is 36.7 Å². The van der Waals surface area contributed by atoms with Crippen molar-refractivity contribution < 1.29 is 4.39 Å². The summed E-state index contributed by atoms with van der Waals surface area (Å²) in [7, 11) is 0. The summed E-state index contributed by atoms with van der Waals surface area (Å²) >= 11 is 3.43. The number of hydrogen-bond donors (Lipinski definition) is 1. The smallest absolute Gasteiger partial charge is 0.126 e. The zero-order valence-corrected chi connectivity index (χ0v) is 13.6. The summed E-state index contributed by atoms with van der Waals surface area (Å²) in [5, 5.41) is 3.58. The molecule has 1 aliphatic carbocycles. The van der Waals surface area contributed by atoms with Crippen LogP contribution in [0.15, 0.2) is 22.7 Å². The van der Waals surface area contributed by atoms with Crippen molar-refractivity contribution in [3.05, 3.63) is 34.1 Å². The summed E-state index contributed by atoms with van der Waals surface area (Å²) in [6.45, 7) is 7.69. The topological polar surface area (TPSA) is 12.0 Å². The molecule has 0 radical (unpaired) electrons. The van der Waals surface area contributed by atoms with Crippen molar-refractivity contribution in [1.82, 2.24) is 5.32 Å². The summed E-state index contributed by atoms with van der Waals surface area (Å²) in [4.78, 5) is 0. The van der Waals surface area contributed by atoms with Crippen molar-refractivity contribution >= 4 is 15.9 Å². The molecule has 1 unspecified atom stereocenters. The SMILES string of the molecule is CC(C)(C)C(CNC1CC1)Cc1cc(Br)ccc1F. The molecule has 1 saturated carbocycles. The lowest BCUT2D eigenvalue weighted by atomic mass is 9.77. The second-order valence-corrected chi connectivity index (χ2v) is 7.60. The maximum Gasteiger partial charge on any atom is 0.126 e. The van der Waals surface area contributed by atoms with Crippen LogP contribution in [0.4, 0.5) is 4.39 Å². The highest BCUT2D eigenvalue weighted by Crippen LogP contribution is 2.31. The van der Waals surface area contributed by atoms with E-state index in [1.165, 1.54) is 12.8 Å². The van der Waals surface area contributed by atoms with E-state index in [2.05, 4.69) is 42.0 Å². The minimum atomic E-state index is -0.0936. The van der Waals surface area contributed by atoms with Crippen LogP contribution in [0.5, 0.6) is 0 Å². The molecule has 1 N–H and O–H groups in total. The van der Waals surface area contributed by atoms with Gasteiger partial charge in [0.05, 0.1) is 0 Å². The van der Waals surface area contributed by atoms with Gasteiger partial charge >= 0.3 is 0 Å². The van der Waals surface area contributed by atoms with Crippen LogP contribution in [0.1, 0.15) is 39.2 Å². The first kappa shape index (κ1) is 15.0. The molecule has 3 heteroatoms. The highest BCUT2D eigenvalue weighted by atomic mass is 79.9. The molecule has 1 nitrogen and oxygen atoms in total. The van der Waals surface area contributed by atoms with Crippen LogP contribution in [0.25, 0.3) is 0 Å². The van der Waals surface area contributed by atoms with E-state index in [1.807, 2.05) is 6.07 Å². The Hall–Kier alpha value is -0.410. The summed E-state index contributed by atoms with van der Waals surface area (Å²) in [6.07, 6.45) is 3.37. The van der Waals surface area contributed by atoms with Crippen LogP contribution in [-0.2, 0) is 6.42 Å². The number of benzene rings is 1. The molecule has 19 heavy (non-hydrogen) atoms. The molecule has 0 heterocycles. The summed E-state index contributed by atoms with van der Waals surface area (Å²) < 4.78 is 14.8. The summed E-state index contributed by atoms with van der Waals surface area (Å²) in [5.74, 6) is 0.348. The van der Waals surface area contributed by atoms with Crippen molar-refractivity contribution in [2.24, 2.45) is 11.3 Å². The molecule has 0 bridgehead atoms. The van der Waals surface area contributed by atoms with Crippen LogP contribution in [0, 0.1) is 17.2 Å². The molecule has 1 aliphatic rings. The van der Waals surface area contributed by atoms with Gasteiger partial charge < -0.3 is 5.32 Å². The molecular formula is C16H23BrFN. The maximum atomic E-state index is 13.9. The van der Waals surface area contributed by atoms with Crippen molar-refractivity contribution in [3.8, 4) is 0 Å². The zero-order chi connectivity index (χ0) is 14.0. The first-order chi connectivity index (χ1) is 8.86. The normalized spacial score (nSPS) is 17.5. The molecule has 1 atom stereocenters. The maximum absolute atomic E-state index is 13.9. The van der Waals surface area contributed by atoms with Gasteiger partial charge in [0.1, 0.15) is 5.82 Å². The number of rotatable bonds is 5. The largest absolute Gasteiger partial charge is 0.314 e. The molecule has 0 saturated heterocycles. The van der Waals surface area contributed by atoms with E-state index in [0.717, 1.165) is 23.0 Å². The van der Waals surface area contributed by atoms with Gasteiger partial charge in [0.15, 0.2) is 0 Å². The summed E-state index contributed by atoms with van der Waals surface area (Å²) in [6, 6.07) is 5.92. The third kappa shape index (κ3) is 4.57. The standard InChI is InChI=1S/C16H23BrFN/c1-16(2,3)12(10-19-14-5-6-14)8-11-9-13(17)4-7-15(11)18/h4,7,9,12,14,19H,5-6,8,10H2,1-3H3. The fourth-order valence-electron chi connectivity index (χ4n) is 2.25. The minimum absolute atomic E-state index is 0.0936. The molecule has 0 amide bonds. The Labute approximate surface area is 124 Å². The third-order valence-corrected chi connectivity index (χ3v) is 4.42. The van der Waals surface area contributed by atoms with Crippen molar-refractivity contribution in [2.75, 3.05) is 6.54 Å². The second kappa shape index (κ2) is 5.92. The number of nitrogens with one attached hydrogen (secondary N) is 1. The average Bonchev–Trinajstić information content (AvgIpc) is 3.11. The van der Waals surface area contributed by atoms with Crippen molar-refractivity contribution in [1.29, 1.82) is 0 Å². The lowest BCUT2D eigenvalue weighted by Crippen LogP contribution is -2.34. The zero-order valence-electron chi connectivity index (χ0n) is 12.0. The first-order valence-corrected chi connectivity index (χ1v) is 7.83. The fourth-order valence-corrected chi connectivity index (χ4v) is 2.65. The van der Waals surface area contributed by atoms with Gasteiger partial charge in [0.2, 0.25) is 0 Å². The monoisotopic (exact) mass is 327 g/mol. The van der Waals surface area contributed by atoms with Crippen LogP contribution < -0.4 is 5.32 Å². The van der Waals surface area contributed by atoms with Crippen LogP contribution in [0.2, 0.25) is 0 Å². The third-order valence-electron chi connectivity index (χ3n) is 3.93. The molecule has 1 aromatic carbocycles. The number of hydrogen-bond acceptors (Lipinski definition) is 1. The van der Waals surface area contributed by atoms with Crippen LogP contribution >= 0.6 is 15.9 Å².